The van der Waals surface area contributed by atoms with Gasteiger partial charge < -0.3 is 5.11 Å². The number of aliphatic hydroxyl groups excluding tert-OH is 1. The molecule has 1 fully saturated rings. The topological polar surface area (TPSA) is 57.4 Å². The van der Waals surface area contributed by atoms with E-state index < -0.39 is 10.0 Å². The van der Waals surface area contributed by atoms with Crippen LogP contribution in [0.25, 0.3) is 0 Å². The van der Waals surface area contributed by atoms with E-state index in [0.29, 0.717) is 11.3 Å². The second-order valence-corrected chi connectivity index (χ2v) is 7.43. The van der Waals surface area contributed by atoms with Crippen molar-refractivity contribution in [2.45, 2.75) is 30.3 Å². The van der Waals surface area contributed by atoms with Crippen LogP contribution in [-0.4, -0.2) is 30.5 Å². The van der Waals surface area contributed by atoms with Gasteiger partial charge in [-0.05, 0) is 31.0 Å². The summed E-state index contributed by atoms with van der Waals surface area (Å²) in [5, 5.41) is 9.21. The maximum absolute atomic E-state index is 12.8. The molecule has 1 aliphatic heterocycles. The Morgan fingerprint density at radius 1 is 1.05 bits per heavy atom. The number of hydrogen-bond donors (Lipinski definition) is 1. The first kappa shape index (κ1) is 15.2. The number of hydrogen-bond acceptors (Lipinski definition) is 3. The molecule has 0 aliphatic carbocycles. The van der Waals surface area contributed by atoms with Crippen LogP contribution in [0.15, 0.2) is 59.5 Å². The Hall–Kier alpha value is -1.69. The van der Waals surface area contributed by atoms with Gasteiger partial charge in [-0.25, -0.2) is 8.42 Å². The molecule has 22 heavy (non-hydrogen) atoms. The van der Waals surface area contributed by atoms with Crippen LogP contribution in [0, 0.1) is 6.92 Å². The largest absolute Gasteiger partial charge is 0.396 e. The van der Waals surface area contributed by atoms with Gasteiger partial charge in [0.05, 0.1) is 10.9 Å². The first-order chi connectivity index (χ1) is 10.6. The molecule has 1 aliphatic rings. The molecule has 0 saturated carbocycles. The van der Waals surface area contributed by atoms with Gasteiger partial charge in [-0.1, -0.05) is 48.0 Å². The molecule has 1 heterocycles. The number of sulfonamides is 1. The summed E-state index contributed by atoms with van der Waals surface area (Å²) in [5.74, 6) is 0. The number of rotatable bonds is 5. The van der Waals surface area contributed by atoms with Gasteiger partial charge in [-0.15, -0.1) is 0 Å². The molecule has 5 heteroatoms. The van der Waals surface area contributed by atoms with E-state index in [1.165, 1.54) is 4.31 Å². The van der Waals surface area contributed by atoms with Gasteiger partial charge in [0, 0.05) is 12.6 Å². The number of nitrogens with zero attached hydrogens (tertiary/aromatic N) is 1. The van der Waals surface area contributed by atoms with Crippen molar-refractivity contribution in [1.82, 2.24) is 4.31 Å². The van der Waals surface area contributed by atoms with Crippen LogP contribution in [0.2, 0.25) is 0 Å². The zero-order valence-electron chi connectivity index (χ0n) is 12.4. The van der Waals surface area contributed by atoms with Gasteiger partial charge >= 0.3 is 0 Å². The van der Waals surface area contributed by atoms with Crippen molar-refractivity contribution in [2.75, 3.05) is 6.61 Å². The third-order valence-electron chi connectivity index (χ3n) is 4.04. The van der Waals surface area contributed by atoms with E-state index in [9.17, 15) is 13.5 Å². The molecule has 1 N–H and O–H groups in total. The van der Waals surface area contributed by atoms with Crippen LogP contribution in [0.1, 0.15) is 23.6 Å². The molecule has 0 radical (unpaired) electrons. The minimum Gasteiger partial charge on any atom is -0.396 e. The highest BCUT2D eigenvalue weighted by Gasteiger charge is 2.55. The molecule has 0 spiro atoms. The molecule has 116 valence electrons. The Bertz CT molecular complexity index is 741. The fraction of sp³-hybridized carbons (Fsp3) is 0.294. The van der Waals surface area contributed by atoms with Gasteiger partial charge in [0.2, 0.25) is 10.0 Å². The lowest BCUT2D eigenvalue weighted by molar-refractivity contribution is 0.284. The van der Waals surface area contributed by atoms with Crippen molar-refractivity contribution in [3.63, 3.8) is 0 Å². The summed E-state index contributed by atoms with van der Waals surface area (Å²) in [6, 6.07) is 16.1. The summed E-state index contributed by atoms with van der Waals surface area (Å²) in [4.78, 5) is 0.305. The first-order valence-electron chi connectivity index (χ1n) is 7.31. The fourth-order valence-corrected chi connectivity index (χ4v) is 4.66. The zero-order chi connectivity index (χ0) is 15.7. The molecular weight excluding hydrogens is 298 g/mol. The summed E-state index contributed by atoms with van der Waals surface area (Å²) >= 11 is 0. The molecule has 0 amide bonds. The highest BCUT2D eigenvalue weighted by atomic mass is 32.2. The van der Waals surface area contributed by atoms with Gasteiger partial charge in [0.25, 0.3) is 0 Å². The predicted molar refractivity (Wildman–Crippen MR) is 84.9 cm³/mol. The van der Waals surface area contributed by atoms with Crippen LogP contribution in [0.4, 0.5) is 0 Å². The SMILES string of the molecule is Cc1ccc(S(=O)(=O)N2[C@H](CCO)[C@H]2c2ccccc2)cc1. The average Bonchev–Trinajstić information content (AvgIpc) is 3.24. The summed E-state index contributed by atoms with van der Waals surface area (Å²) in [6.45, 7) is 1.91. The minimum atomic E-state index is -3.53. The Balaban J connectivity index is 1.93. The lowest BCUT2D eigenvalue weighted by Gasteiger charge is -2.07. The highest BCUT2D eigenvalue weighted by molar-refractivity contribution is 7.89. The number of aryl methyl sites for hydroxylation is 1. The Labute approximate surface area is 131 Å². The smallest absolute Gasteiger partial charge is 0.244 e. The second kappa shape index (κ2) is 5.83. The monoisotopic (exact) mass is 317 g/mol. The molecular formula is C17H19NO3S. The summed E-state index contributed by atoms with van der Waals surface area (Å²) in [6.07, 6.45) is 0.449. The van der Waals surface area contributed by atoms with Gasteiger partial charge in [-0.2, -0.15) is 4.31 Å². The summed E-state index contributed by atoms with van der Waals surface area (Å²) < 4.78 is 27.1. The summed E-state index contributed by atoms with van der Waals surface area (Å²) in [7, 11) is -3.53. The van der Waals surface area contributed by atoms with Crippen molar-refractivity contribution in [3.05, 3.63) is 65.7 Å². The van der Waals surface area contributed by atoms with Gasteiger partial charge in [0.1, 0.15) is 0 Å². The fourth-order valence-electron chi connectivity index (χ4n) is 2.85. The van der Waals surface area contributed by atoms with Gasteiger partial charge in [0.15, 0.2) is 0 Å². The number of benzene rings is 2. The van der Waals surface area contributed by atoms with E-state index in [2.05, 4.69) is 0 Å². The van der Waals surface area contributed by atoms with Crippen LogP contribution >= 0.6 is 0 Å². The van der Waals surface area contributed by atoms with Crippen molar-refractivity contribution < 1.29 is 13.5 Å². The van der Waals surface area contributed by atoms with E-state index in [1.807, 2.05) is 37.3 Å². The first-order valence-corrected chi connectivity index (χ1v) is 8.76. The Morgan fingerprint density at radius 3 is 2.27 bits per heavy atom. The van der Waals surface area contributed by atoms with E-state index >= 15 is 0 Å². The quantitative estimate of drug-likeness (QED) is 0.862. The third kappa shape index (κ3) is 2.67. The molecule has 3 rings (SSSR count). The molecule has 4 nitrogen and oxygen atoms in total. The van der Waals surface area contributed by atoms with Crippen LogP contribution < -0.4 is 0 Å². The molecule has 0 aromatic heterocycles. The third-order valence-corrected chi connectivity index (χ3v) is 5.96. The lowest BCUT2D eigenvalue weighted by Crippen LogP contribution is -2.15. The van der Waals surface area contributed by atoms with Crippen molar-refractivity contribution in [3.8, 4) is 0 Å². The van der Waals surface area contributed by atoms with Crippen molar-refractivity contribution >= 4 is 10.0 Å². The summed E-state index contributed by atoms with van der Waals surface area (Å²) in [5.41, 5.74) is 1.99. The zero-order valence-corrected chi connectivity index (χ0v) is 13.2. The molecule has 1 unspecified atom stereocenters. The minimum absolute atomic E-state index is 0.0199. The maximum atomic E-state index is 12.8. The van der Waals surface area contributed by atoms with Gasteiger partial charge in [-0.3, -0.25) is 0 Å². The maximum Gasteiger partial charge on any atom is 0.244 e. The molecule has 0 bridgehead atoms. The normalized spacial score (nSPS) is 24.2. The van der Waals surface area contributed by atoms with E-state index in [1.54, 1.807) is 24.3 Å². The van der Waals surface area contributed by atoms with Crippen molar-refractivity contribution in [2.24, 2.45) is 0 Å². The number of aliphatic hydroxyl groups is 1. The van der Waals surface area contributed by atoms with Crippen LogP contribution in [-0.2, 0) is 10.0 Å². The Kier molecular flexibility index (Phi) is 4.04. The van der Waals surface area contributed by atoms with Crippen LogP contribution in [0.3, 0.4) is 0 Å². The highest BCUT2D eigenvalue weighted by Crippen LogP contribution is 2.49. The average molecular weight is 317 g/mol. The van der Waals surface area contributed by atoms with E-state index in [4.69, 9.17) is 0 Å². The molecule has 3 atom stereocenters. The molecule has 1 saturated heterocycles. The standard InChI is InChI=1S/C17H19NO3S/c1-13-7-9-15(10-8-13)22(20,21)18-16(11-12-19)17(18)14-5-3-2-4-6-14/h2-10,16-17,19H,11-12H2,1H3/t16-,17-,18?/m1/s1. The van der Waals surface area contributed by atoms with Crippen molar-refractivity contribution in [1.29, 1.82) is 0 Å². The van der Waals surface area contributed by atoms with Crippen LogP contribution in [0.5, 0.6) is 0 Å². The molecule has 2 aromatic rings. The molecule has 2 aromatic carbocycles. The second-order valence-electron chi connectivity index (χ2n) is 5.58. The van der Waals surface area contributed by atoms with E-state index in [0.717, 1.165) is 11.1 Å². The Morgan fingerprint density at radius 2 is 1.68 bits per heavy atom. The van der Waals surface area contributed by atoms with E-state index in [-0.39, 0.29) is 18.7 Å². The predicted octanol–water partition coefficient (Wildman–Crippen LogP) is 2.49. The lowest BCUT2D eigenvalue weighted by atomic mass is 10.1.